The zero-order valence-electron chi connectivity index (χ0n) is 7.80. The molecule has 0 radical (unpaired) electrons. The zero-order chi connectivity index (χ0) is 9.73. The van der Waals surface area contributed by atoms with Gasteiger partial charge in [-0.2, -0.15) is 5.26 Å². The highest BCUT2D eigenvalue weighted by Gasteiger charge is 2.41. The molecular formula is C9H14N2O2. The molecule has 1 aliphatic carbocycles. The lowest BCUT2D eigenvalue weighted by Crippen LogP contribution is -2.29. The fraction of sp³-hybridized carbons (Fsp3) is 0.778. The number of nitrogens with one attached hydrogen (secondary N) is 1. The summed E-state index contributed by atoms with van der Waals surface area (Å²) in [7, 11) is 1.37. The molecule has 4 heteroatoms. The van der Waals surface area contributed by atoms with Crippen LogP contribution in [0.3, 0.4) is 0 Å². The standard InChI is InChI=1S/C9H14N2O2/c1-13-8(12)6-11-7-9(2-3-9)4-5-10/h11H,2-4,6-7H2,1H3. The van der Waals surface area contributed by atoms with Gasteiger partial charge in [-0.3, -0.25) is 4.79 Å². The van der Waals surface area contributed by atoms with Crippen LogP contribution in [-0.2, 0) is 9.53 Å². The van der Waals surface area contributed by atoms with Crippen LogP contribution in [0, 0.1) is 16.7 Å². The summed E-state index contributed by atoms with van der Waals surface area (Å²) < 4.78 is 4.48. The molecule has 0 aliphatic heterocycles. The van der Waals surface area contributed by atoms with Crippen molar-refractivity contribution in [2.75, 3.05) is 20.2 Å². The summed E-state index contributed by atoms with van der Waals surface area (Å²) >= 11 is 0. The van der Waals surface area contributed by atoms with E-state index in [2.05, 4.69) is 16.1 Å². The summed E-state index contributed by atoms with van der Waals surface area (Å²) in [5.41, 5.74) is 0.156. The Hall–Kier alpha value is -1.08. The van der Waals surface area contributed by atoms with Crippen LogP contribution in [0.2, 0.25) is 0 Å². The van der Waals surface area contributed by atoms with Crippen molar-refractivity contribution in [2.24, 2.45) is 5.41 Å². The zero-order valence-corrected chi connectivity index (χ0v) is 7.80. The van der Waals surface area contributed by atoms with Crippen LogP contribution in [0.1, 0.15) is 19.3 Å². The highest BCUT2D eigenvalue weighted by atomic mass is 16.5. The van der Waals surface area contributed by atoms with E-state index in [1.165, 1.54) is 7.11 Å². The SMILES string of the molecule is COC(=O)CNCC1(CC#N)CC1. The first-order chi connectivity index (χ1) is 6.22. The number of methoxy groups -OCH3 is 1. The second-order valence-electron chi connectivity index (χ2n) is 3.51. The van der Waals surface area contributed by atoms with Gasteiger partial charge in [-0.15, -0.1) is 0 Å². The van der Waals surface area contributed by atoms with Crippen molar-refractivity contribution in [3.05, 3.63) is 0 Å². The van der Waals surface area contributed by atoms with Gasteiger partial charge in [-0.1, -0.05) is 0 Å². The van der Waals surface area contributed by atoms with E-state index in [1.807, 2.05) is 0 Å². The smallest absolute Gasteiger partial charge is 0.319 e. The van der Waals surface area contributed by atoms with Gasteiger partial charge in [0.1, 0.15) is 0 Å². The van der Waals surface area contributed by atoms with Crippen molar-refractivity contribution in [2.45, 2.75) is 19.3 Å². The summed E-state index contributed by atoms with van der Waals surface area (Å²) in [4.78, 5) is 10.7. The highest BCUT2D eigenvalue weighted by molar-refractivity contribution is 5.71. The Balaban J connectivity index is 2.13. The van der Waals surface area contributed by atoms with Crippen molar-refractivity contribution < 1.29 is 9.53 Å². The molecular weight excluding hydrogens is 168 g/mol. The lowest BCUT2D eigenvalue weighted by molar-refractivity contribution is -0.139. The van der Waals surface area contributed by atoms with E-state index in [0.29, 0.717) is 6.42 Å². The van der Waals surface area contributed by atoms with E-state index >= 15 is 0 Å². The normalized spacial score (nSPS) is 17.5. The number of hydrogen-bond donors (Lipinski definition) is 1. The molecule has 0 aromatic heterocycles. The minimum Gasteiger partial charge on any atom is -0.468 e. The molecule has 13 heavy (non-hydrogen) atoms. The van der Waals surface area contributed by atoms with Crippen LogP contribution in [0.4, 0.5) is 0 Å². The predicted molar refractivity (Wildman–Crippen MR) is 46.8 cm³/mol. The molecule has 0 heterocycles. The summed E-state index contributed by atoms with van der Waals surface area (Å²) in [6.45, 7) is 0.985. The van der Waals surface area contributed by atoms with Gasteiger partial charge in [0.2, 0.25) is 0 Å². The van der Waals surface area contributed by atoms with Crippen LogP contribution < -0.4 is 5.32 Å². The van der Waals surface area contributed by atoms with E-state index in [-0.39, 0.29) is 17.9 Å². The van der Waals surface area contributed by atoms with Gasteiger partial charge in [0, 0.05) is 13.0 Å². The highest BCUT2D eigenvalue weighted by Crippen LogP contribution is 2.47. The minimum absolute atomic E-state index is 0.156. The predicted octanol–water partition coefficient (Wildman–Crippen LogP) is 0.443. The average Bonchev–Trinajstić information content (AvgIpc) is 2.86. The van der Waals surface area contributed by atoms with Crippen molar-refractivity contribution in [1.82, 2.24) is 5.32 Å². The topological polar surface area (TPSA) is 62.1 Å². The van der Waals surface area contributed by atoms with Gasteiger partial charge in [-0.25, -0.2) is 0 Å². The maximum Gasteiger partial charge on any atom is 0.319 e. The molecule has 0 spiro atoms. The Labute approximate surface area is 77.9 Å². The quantitative estimate of drug-likeness (QED) is 0.627. The number of carbonyl (C=O) groups excluding carboxylic acids is 1. The fourth-order valence-electron chi connectivity index (χ4n) is 1.26. The number of rotatable bonds is 5. The van der Waals surface area contributed by atoms with Crippen LogP contribution in [-0.4, -0.2) is 26.2 Å². The van der Waals surface area contributed by atoms with Crippen LogP contribution >= 0.6 is 0 Å². The third-order valence-electron chi connectivity index (χ3n) is 2.41. The van der Waals surface area contributed by atoms with Gasteiger partial charge in [-0.05, 0) is 18.3 Å². The van der Waals surface area contributed by atoms with Gasteiger partial charge in [0.15, 0.2) is 0 Å². The van der Waals surface area contributed by atoms with Gasteiger partial charge in [0.05, 0.1) is 19.7 Å². The summed E-state index contributed by atoms with van der Waals surface area (Å²) in [5.74, 6) is -0.257. The van der Waals surface area contributed by atoms with E-state index < -0.39 is 0 Å². The summed E-state index contributed by atoms with van der Waals surface area (Å²) in [6.07, 6.45) is 2.77. The van der Waals surface area contributed by atoms with E-state index in [9.17, 15) is 4.79 Å². The Morgan fingerprint density at radius 3 is 2.85 bits per heavy atom. The van der Waals surface area contributed by atoms with Crippen molar-refractivity contribution in [3.8, 4) is 6.07 Å². The Kier molecular flexibility index (Phi) is 3.26. The van der Waals surface area contributed by atoms with Crippen LogP contribution in [0.5, 0.6) is 0 Å². The molecule has 1 fully saturated rings. The van der Waals surface area contributed by atoms with Crippen molar-refractivity contribution in [1.29, 1.82) is 5.26 Å². The third kappa shape index (κ3) is 3.03. The average molecular weight is 182 g/mol. The maximum absolute atomic E-state index is 10.7. The first-order valence-electron chi connectivity index (χ1n) is 4.37. The number of nitrogens with zero attached hydrogens (tertiary/aromatic N) is 1. The van der Waals surface area contributed by atoms with Crippen molar-refractivity contribution in [3.63, 3.8) is 0 Å². The molecule has 0 aromatic carbocycles. The molecule has 0 atom stereocenters. The van der Waals surface area contributed by atoms with Crippen LogP contribution in [0.15, 0.2) is 0 Å². The molecule has 72 valence electrons. The first kappa shape index (κ1) is 10.0. The fourth-order valence-corrected chi connectivity index (χ4v) is 1.26. The summed E-state index contributed by atoms with van der Waals surface area (Å²) in [6, 6.07) is 2.17. The molecule has 1 saturated carbocycles. The van der Waals surface area contributed by atoms with Gasteiger partial charge < -0.3 is 10.1 Å². The third-order valence-corrected chi connectivity index (χ3v) is 2.41. The Bertz CT molecular complexity index is 228. The molecule has 0 amide bonds. The second-order valence-corrected chi connectivity index (χ2v) is 3.51. The molecule has 0 bridgehead atoms. The minimum atomic E-state index is -0.257. The second kappa shape index (κ2) is 4.24. The molecule has 4 nitrogen and oxygen atoms in total. The molecule has 1 rings (SSSR count). The lowest BCUT2D eigenvalue weighted by Gasteiger charge is -2.10. The molecule has 0 unspecified atom stereocenters. The number of carbonyl (C=O) groups is 1. The van der Waals surface area contributed by atoms with Gasteiger partial charge >= 0.3 is 5.97 Å². The Morgan fingerprint density at radius 1 is 1.69 bits per heavy atom. The molecule has 1 aliphatic rings. The van der Waals surface area contributed by atoms with E-state index in [4.69, 9.17) is 5.26 Å². The van der Waals surface area contributed by atoms with E-state index in [1.54, 1.807) is 0 Å². The number of hydrogen-bond acceptors (Lipinski definition) is 4. The largest absolute Gasteiger partial charge is 0.468 e. The van der Waals surface area contributed by atoms with E-state index in [0.717, 1.165) is 19.4 Å². The van der Waals surface area contributed by atoms with Crippen molar-refractivity contribution >= 4 is 5.97 Å². The number of nitriles is 1. The lowest BCUT2D eigenvalue weighted by atomic mass is 10.0. The Morgan fingerprint density at radius 2 is 2.38 bits per heavy atom. The molecule has 0 saturated heterocycles. The molecule has 0 aromatic rings. The number of ether oxygens (including phenoxy) is 1. The molecule has 1 N–H and O–H groups in total. The first-order valence-corrected chi connectivity index (χ1v) is 4.37. The van der Waals surface area contributed by atoms with Gasteiger partial charge in [0.25, 0.3) is 0 Å². The number of esters is 1. The maximum atomic E-state index is 10.7. The summed E-state index contributed by atoms with van der Waals surface area (Å²) in [5, 5.41) is 11.5. The monoisotopic (exact) mass is 182 g/mol. The van der Waals surface area contributed by atoms with Crippen LogP contribution in [0.25, 0.3) is 0 Å².